The highest BCUT2D eigenvalue weighted by molar-refractivity contribution is 6.01. The van der Waals surface area contributed by atoms with Crippen molar-refractivity contribution in [3.63, 3.8) is 0 Å². The molecule has 0 atom stereocenters. The Labute approximate surface area is 136 Å². The molecule has 4 nitrogen and oxygen atoms in total. The van der Waals surface area contributed by atoms with Crippen LogP contribution in [0.5, 0.6) is 0 Å². The van der Waals surface area contributed by atoms with Gasteiger partial charge in [-0.1, -0.05) is 42.0 Å². The molecular weight excluding hydrogens is 288 g/mol. The number of carbonyl (C=O) groups excluding carboxylic acids is 2. The molecule has 1 aliphatic heterocycles. The summed E-state index contributed by atoms with van der Waals surface area (Å²) < 4.78 is 0. The van der Waals surface area contributed by atoms with Gasteiger partial charge in [-0.3, -0.25) is 9.59 Å². The molecule has 118 valence electrons. The number of rotatable bonds is 4. The van der Waals surface area contributed by atoms with Crippen LogP contribution in [-0.2, 0) is 29.0 Å². The van der Waals surface area contributed by atoms with Gasteiger partial charge in [-0.25, -0.2) is 0 Å². The van der Waals surface area contributed by atoms with Crippen molar-refractivity contribution >= 4 is 17.5 Å². The number of fused-ring (bicyclic) bond motifs is 1. The zero-order valence-corrected chi connectivity index (χ0v) is 13.4. The number of carbonyl (C=O) groups is 2. The first kappa shape index (κ1) is 15.3. The average Bonchev–Trinajstić information content (AvgIpc) is 2.81. The van der Waals surface area contributed by atoms with E-state index in [1.54, 1.807) is 11.9 Å². The molecule has 2 aromatic carbocycles. The maximum atomic E-state index is 12.1. The molecule has 2 aromatic rings. The van der Waals surface area contributed by atoms with Crippen LogP contribution in [-0.4, -0.2) is 18.9 Å². The van der Waals surface area contributed by atoms with Gasteiger partial charge in [0.1, 0.15) is 0 Å². The van der Waals surface area contributed by atoms with Crippen molar-refractivity contribution < 1.29 is 9.59 Å². The highest BCUT2D eigenvalue weighted by Gasteiger charge is 2.23. The molecule has 2 amide bonds. The molecule has 1 N–H and O–H groups in total. The van der Waals surface area contributed by atoms with Crippen molar-refractivity contribution in [3.05, 3.63) is 64.7 Å². The van der Waals surface area contributed by atoms with E-state index in [0.717, 1.165) is 22.4 Å². The maximum absolute atomic E-state index is 12.1. The van der Waals surface area contributed by atoms with Crippen LogP contribution in [0.3, 0.4) is 0 Å². The molecule has 0 saturated carbocycles. The summed E-state index contributed by atoms with van der Waals surface area (Å²) in [4.78, 5) is 25.5. The van der Waals surface area contributed by atoms with Gasteiger partial charge in [0, 0.05) is 19.3 Å². The van der Waals surface area contributed by atoms with E-state index in [0.29, 0.717) is 19.4 Å². The van der Waals surface area contributed by atoms with E-state index in [9.17, 15) is 9.59 Å². The quantitative estimate of drug-likeness (QED) is 0.943. The molecule has 0 spiro atoms. The normalized spacial score (nSPS) is 13.1. The second-order valence-electron chi connectivity index (χ2n) is 6.03. The van der Waals surface area contributed by atoms with Crippen molar-refractivity contribution in [2.45, 2.75) is 26.3 Å². The Morgan fingerprint density at radius 1 is 1.13 bits per heavy atom. The number of nitrogens with zero attached hydrogens (tertiary/aromatic N) is 1. The van der Waals surface area contributed by atoms with Crippen LogP contribution < -0.4 is 10.2 Å². The lowest BCUT2D eigenvalue weighted by atomic mass is 10.1. The zero-order chi connectivity index (χ0) is 16.4. The van der Waals surface area contributed by atoms with Crippen molar-refractivity contribution in [1.29, 1.82) is 0 Å². The number of benzene rings is 2. The second-order valence-corrected chi connectivity index (χ2v) is 6.03. The molecule has 0 saturated heterocycles. The van der Waals surface area contributed by atoms with E-state index in [2.05, 4.69) is 5.32 Å². The predicted octanol–water partition coefficient (Wildman–Crippen LogP) is 2.37. The van der Waals surface area contributed by atoms with Crippen LogP contribution >= 0.6 is 0 Å². The zero-order valence-electron chi connectivity index (χ0n) is 13.4. The van der Waals surface area contributed by atoms with Gasteiger partial charge < -0.3 is 10.2 Å². The van der Waals surface area contributed by atoms with E-state index < -0.39 is 0 Å². The number of likely N-dealkylation sites (N-methyl/N-ethyl adjacent to an activating group) is 1. The summed E-state index contributed by atoms with van der Waals surface area (Å²) in [6.07, 6.45) is 0.752. The van der Waals surface area contributed by atoms with Gasteiger partial charge in [0.15, 0.2) is 0 Å². The van der Waals surface area contributed by atoms with Gasteiger partial charge >= 0.3 is 0 Å². The minimum Gasteiger partial charge on any atom is -0.352 e. The highest BCUT2D eigenvalue weighted by atomic mass is 16.2. The van der Waals surface area contributed by atoms with Gasteiger partial charge in [-0.15, -0.1) is 0 Å². The first-order valence-electron chi connectivity index (χ1n) is 7.73. The monoisotopic (exact) mass is 308 g/mol. The number of hydrogen-bond donors (Lipinski definition) is 1. The Kier molecular flexibility index (Phi) is 4.15. The minimum absolute atomic E-state index is 0.0109. The van der Waals surface area contributed by atoms with E-state index in [1.165, 1.54) is 5.56 Å². The first-order chi connectivity index (χ1) is 11.0. The lowest BCUT2D eigenvalue weighted by molar-refractivity contribution is -0.120. The van der Waals surface area contributed by atoms with Crippen molar-refractivity contribution in [2.24, 2.45) is 0 Å². The Morgan fingerprint density at radius 2 is 1.83 bits per heavy atom. The third-order valence-electron chi connectivity index (χ3n) is 4.20. The van der Waals surface area contributed by atoms with Gasteiger partial charge in [0.25, 0.3) is 0 Å². The summed E-state index contributed by atoms with van der Waals surface area (Å²) in [5.41, 5.74) is 5.18. The number of hydrogen-bond acceptors (Lipinski definition) is 2. The lowest BCUT2D eigenvalue weighted by Crippen LogP contribution is -2.24. The molecule has 1 heterocycles. The summed E-state index contributed by atoms with van der Waals surface area (Å²) in [5.74, 6) is 0.0872. The summed E-state index contributed by atoms with van der Waals surface area (Å²) in [7, 11) is 1.78. The number of aryl methyl sites for hydroxylation is 1. The summed E-state index contributed by atoms with van der Waals surface area (Å²) in [6, 6.07) is 13.9. The van der Waals surface area contributed by atoms with Gasteiger partial charge in [0.05, 0.1) is 12.8 Å². The van der Waals surface area contributed by atoms with Gasteiger partial charge in [-0.05, 0) is 29.7 Å². The molecule has 23 heavy (non-hydrogen) atoms. The Hall–Kier alpha value is -2.62. The van der Waals surface area contributed by atoms with Crippen LogP contribution in [0.1, 0.15) is 22.3 Å². The largest absolute Gasteiger partial charge is 0.352 e. The van der Waals surface area contributed by atoms with Crippen LogP contribution in [0.15, 0.2) is 42.5 Å². The van der Waals surface area contributed by atoms with Crippen LogP contribution in [0.2, 0.25) is 0 Å². The Bertz CT molecular complexity index is 750. The molecule has 0 aromatic heterocycles. The number of nitrogens with one attached hydrogen (secondary N) is 1. The molecule has 0 bridgehead atoms. The fourth-order valence-electron chi connectivity index (χ4n) is 2.79. The molecule has 3 rings (SSSR count). The molecule has 0 radical (unpaired) electrons. The predicted molar refractivity (Wildman–Crippen MR) is 90.3 cm³/mol. The third kappa shape index (κ3) is 3.42. The third-order valence-corrected chi connectivity index (χ3v) is 4.20. The number of amides is 2. The molecule has 1 aliphatic rings. The lowest BCUT2D eigenvalue weighted by Gasteiger charge is -2.11. The van der Waals surface area contributed by atoms with E-state index >= 15 is 0 Å². The Morgan fingerprint density at radius 3 is 2.57 bits per heavy atom. The molecule has 0 aliphatic carbocycles. The molecule has 0 unspecified atom stereocenters. The van der Waals surface area contributed by atoms with Gasteiger partial charge in [0.2, 0.25) is 11.8 Å². The Balaban J connectivity index is 1.59. The summed E-state index contributed by atoms with van der Waals surface area (Å²) >= 11 is 0. The van der Waals surface area contributed by atoms with E-state index in [4.69, 9.17) is 0 Å². The molecule has 0 fully saturated rings. The van der Waals surface area contributed by atoms with Gasteiger partial charge in [-0.2, -0.15) is 0 Å². The van der Waals surface area contributed by atoms with Crippen molar-refractivity contribution in [2.75, 3.05) is 11.9 Å². The molecule has 4 heteroatoms. The second kappa shape index (κ2) is 6.24. The first-order valence-corrected chi connectivity index (χ1v) is 7.73. The van der Waals surface area contributed by atoms with Crippen molar-refractivity contribution in [3.8, 4) is 0 Å². The van der Waals surface area contributed by atoms with Crippen LogP contribution in [0, 0.1) is 6.92 Å². The average molecular weight is 308 g/mol. The summed E-state index contributed by atoms with van der Waals surface area (Å²) in [6.45, 7) is 2.57. The minimum atomic E-state index is -0.0109. The van der Waals surface area contributed by atoms with Crippen LogP contribution in [0.25, 0.3) is 0 Å². The fourth-order valence-corrected chi connectivity index (χ4v) is 2.79. The number of anilines is 1. The van der Waals surface area contributed by atoms with Crippen LogP contribution in [0.4, 0.5) is 5.69 Å². The van der Waals surface area contributed by atoms with E-state index in [-0.39, 0.29) is 11.8 Å². The van der Waals surface area contributed by atoms with Crippen molar-refractivity contribution in [1.82, 2.24) is 5.32 Å². The fraction of sp³-hybridized carbons (Fsp3) is 0.263. The highest BCUT2D eigenvalue weighted by Crippen LogP contribution is 2.28. The topological polar surface area (TPSA) is 49.4 Å². The summed E-state index contributed by atoms with van der Waals surface area (Å²) in [5, 5.41) is 2.94. The van der Waals surface area contributed by atoms with E-state index in [1.807, 2.05) is 49.4 Å². The SMILES string of the molecule is Cc1ccc(CNC(=O)Cc2ccc3c(c2)CC(=O)N3C)cc1. The smallest absolute Gasteiger partial charge is 0.231 e. The maximum Gasteiger partial charge on any atom is 0.231 e. The molecular formula is C19H20N2O2. The standard InChI is InChI=1S/C19H20N2O2/c1-13-3-5-14(6-4-13)12-20-18(22)10-15-7-8-17-16(9-15)11-19(23)21(17)2/h3-9H,10-12H2,1-2H3,(H,20,22).